The van der Waals surface area contributed by atoms with Gasteiger partial charge in [-0.05, 0) is 6.42 Å². The normalized spacial score (nSPS) is 13.9. The van der Waals surface area contributed by atoms with Crippen LogP contribution in [0, 0.1) is 0 Å². The van der Waals surface area contributed by atoms with E-state index in [2.05, 4.69) is 0 Å². The van der Waals surface area contributed by atoms with Gasteiger partial charge in [-0.2, -0.15) is 13.2 Å². The highest BCUT2D eigenvalue weighted by atomic mass is 32.2. The second-order valence-corrected chi connectivity index (χ2v) is 6.15. The van der Waals surface area contributed by atoms with Gasteiger partial charge in [0.25, 0.3) is 0 Å². The molecular weight excluding hydrogens is 291 g/mol. The number of rotatable bonds is 7. The molecule has 0 heterocycles. The van der Waals surface area contributed by atoms with Crippen LogP contribution in [0.5, 0.6) is 0 Å². The molecule has 0 bridgehead atoms. The smallest absolute Gasteiger partial charge is 0.389 e. The van der Waals surface area contributed by atoms with Gasteiger partial charge in [0, 0.05) is 13.3 Å². The van der Waals surface area contributed by atoms with Crippen molar-refractivity contribution in [3.8, 4) is 0 Å². The Balaban J connectivity index is 4.48. The summed E-state index contributed by atoms with van der Waals surface area (Å²) in [4.78, 5) is 21.4. The first kappa shape index (κ1) is 17.7. The zero-order chi connectivity index (χ0) is 15.3. The molecule has 0 aliphatic carbocycles. The molecule has 0 fully saturated rings. The van der Waals surface area contributed by atoms with Crippen molar-refractivity contribution in [2.45, 2.75) is 32.0 Å². The fraction of sp³-hybridized carbons (Fsp3) is 0.778. The molecule has 1 amide bonds. The van der Waals surface area contributed by atoms with Crippen molar-refractivity contribution in [1.82, 2.24) is 5.32 Å². The second-order valence-electron chi connectivity index (χ2n) is 3.92. The highest BCUT2D eigenvalue weighted by molar-refractivity contribution is 7.91. The zero-order valence-corrected chi connectivity index (χ0v) is 10.8. The number of alkyl halides is 3. The first-order valence-electron chi connectivity index (χ1n) is 5.20. The molecule has 0 aliphatic rings. The number of halogens is 3. The Kier molecular flexibility index (Phi) is 6.27. The van der Waals surface area contributed by atoms with Crippen molar-refractivity contribution in [2.75, 3.05) is 11.5 Å². The van der Waals surface area contributed by atoms with Gasteiger partial charge in [0.05, 0.1) is 11.5 Å². The topological polar surface area (TPSA) is 101 Å². The average molecular weight is 305 g/mol. The van der Waals surface area contributed by atoms with Crippen LogP contribution in [0.2, 0.25) is 0 Å². The molecular formula is C9H14F3NO5S. The van der Waals surface area contributed by atoms with Crippen LogP contribution in [-0.2, 0) is 19.4 Å². The van der Waals surface area contributed by atoms with Gasteiger partial charge in [0.15, 0.2) is 9.84 Å². The van der Waals surface area contributed by atoms with E-state index in [0.29, 0.717) is 0 Å². The fourth-order valence-corrected chi connectivity index (χ4v) is 2.73. The van der Waals surface area contributed by atoms with E-state index in [1.807, 2.05) is 5.32 Å². The Morgan fingerprint density at radius 1 is 1.32 bits per heavy atom. The van der Waals surface area contributed by atoms with Gasteiger partial charge in [0.1, 0.15) is 6.04 Å². The van der Waals surface area contributed by atoms with Crippen LogP contribution in [0.3, 0.4) is 0 Å². The van der Waals surface area contributed by atoms with Gasteiger partial charge in [-0.25, -0.2) is 13.2 Å². The van der Waals surface area contributed by atoms with E-state index in [4.69, 9.17) is 5.11 Å². The largest absolute Gasteiger partial charge is 0.480 e. The Morgan fingerprint density at radius 2 is 1.84 bits per heavy atom. The quantitative estimate of drug-likeness (QED) is 0.706. The molecule has 0 unspecified atom stereocenters. The first-order chi connectivity index (χ1) is 8.43. The molecule has 0 saturated heterocycles. The molecule has 112 valence electrons. The van der Waals surface area contributed by atoms with Gasteiger partial charge in [-0.3, -0.25) is 4.79 Å². The SMILES string of the molecule is CC(=O)N[C@@H](CS(=O)(=O)CCCC(F)(F)F)C(=O)O. The predicted octanol–water partition coefficient (Wildman–Crippen LogP) is 0.333. The Hall–Kier alpha value is -1.32. The third-order valence-corrected chi connectivity index (χ3v) is 3.76. The summed E-state index contributed by atoms with van der Waals surface area (Å²) in [6.07, 6.45) is -6.36. The van der Waals surface area contributed by atoms with Gasteiger partial charge >= 0.3 is 12.1 Å². The molecule has 10 heteroatoms. The van der Waals surface area contributed by atoms with Crippen LogP contribution in [0.25, 0.3) is 0 Å². The lowest BCUT2D eigenvalue weighted by atomic mass is 10.3. The van der Waals surface area contributed by atoms with Crippen molar-refractivity contribution in [3.05, 3.63) is 0 Å². The van der Waals surface area contributed by atoms with E-state index in [9.17, 15) is 31.2 Å². The maximum Gasteiger partial charge on any atom is 0.389 e. The van der Waals surface area contributed by atoms with Crippen LogP contribution >= 0.6 is 0 Å². The Bertz CT molecular complexity index is 432. The summed E-state index contributed by atoms with van der Waals surface area (Å²) >= 11 is 0. The van der Waals surface area contributed by atoms with Crippen LogP contribution in [0.1, 0.15) is 19.8 Å². The number of carboxylic acids is 1. The van der Waals surface area contributed by atoms with E-state index in [1.54, 1.807) is 0 Å². The predicted molar refractivity (Wildman–Crippen MR) is 59.2 cm³/mol. The lowest BCUT2D eigenvalue weighted by Crippen LogP contribution is -2.44. The van der Waals surface area contributed by atoms with Gasteiger partial charge < -0.3 is 10.4 Å². The summed E-state index contributed by atoms with van der Waals surface area (Å²) in [7, 11) is -3.99. The van der Waals surface area contributed by atoms with Gasteiger partial charge in [0.2, 0.25) is 5.91 Å². The maximum absolute atomic E-state index is 11.8. The number of aliphatic carboxylic acids is 1. The highest BCUT2D eigenvalue weighted by Crippen LogP contribution is 2.21. The van der Waals surface area contributed by atoms with Gasteiger partial charge in [-0.1, -0.05) is 0 Å². The molecule has 0 rings (SSSR count). The Morgan fingerprint density at radius 3 is 2.21 bits per heavy atom. The van der Waals surface area contributed by atoms with Crippen LogP contribution in [-0.4, -0.2) is 49.1 Å². The minimum absolute atomic E-state index is 0.641. The molecule has 6 nitrogen and oxygen atoms in total. The number of carboxylic acid groups (broad SMARTS) is 1. The average Bonchev–Trinajstić information content (AvgIpc) is 2.12. The standard InChI is InChI=1S/C9H14F3NO5S/c1-6(14)13-7(8(15)16)5-19(17,18)4-2-3-9(10,11)12/h7H,2-5H2,1H3,(H,13,14)(H,15,16)/t7-/m0/s1. The molecule has 19 heavy (non-hydrogen) atoms. The van der Waals surface area contributed by atoms with Crippen molar-refractivity contribution >= 4 is 21.7 Å². The van der Waals surface area contributed by atoms with E-state index < -0.39 is 58.3 Å². The Labute approximate surface area is 107 Å². The highest BCUT2D eigenvalue weighted by Gasteiger charge is 2.29. The number of nitrogens with one attached hydrogen (secondary N) is 1. The summed E-state index contributed by atoms with van der Waals surface area (Å²) in [6, 6.07) is -1.66. The molecule has 0 aromatic carbocycles. The van der Waals surface area contributed by atoms with E-state index >= 15 is 0 Å². The summed E-state index contributed by atoms with van der Waals surface area (Å²) < 4.78 is 58.4. The number of hydrogen-bond donors (Lipinski definition) is 2. The minimum Gasteiger partial charge on any atom is -0.480 e. The maximum atomic E-state index is 11.8. The molecule has 0 aliphatic heterocycles. The molecule has 0 aromatic heterocycles. The summed E-state index contributed by atoms with van der Waals surface area (Å²) in [5.41, 5.74) is 0. The number of sulfone groups is 1. The molecule has 0 aromatic rings. The van der Waals surface area contributed by atoms with Crippen molar-refractivity contribution in [1.29, 1.82) is 0 Å². The van der Waals surface area contributed by atoms with E-state index in [-0.39, 0.29) is 0 Å². The third kappa shape index (κ3) is 9.28. The number of amides is 1. The number of carbonyl (C=O) groups excluding carboxylic acids is 1. The molecule has 0 spiro atoms. The molecule has 1 atom stereocenters. The van der Waals surface area contributed by atoms with Crippen molar-refractivity contribution in [2.24, 2.45) is 0 Å². The van der Waals surface area contributed by atoms with Crippen LogP contribution in [0.15, 0.2) is 0 Å². The van der Waals surface area contributed by atoms with E-state index in [0.717, 1.165) is 6.92 Å². The monoisotopic (exact) mass is 305 g/mol. The van der Waals surface area contributed by atoms with Crippen LogP contribution in [0.4, 0.5) is 13.2 Å². The second kappa shape index (κ2) is 6.73. The lowest BCUT2D eigenvalue weighted by molar-refractivity contribution is -0.140. The molecule has 2 N–H and O–H groups in total. The third-order valence-electron chi connectivity index (χ3n) is 2.01. The summed E-state index contributed by atoms with van der Waals surface area (Å²) in [6.45, 7) is 1.01. The van der Waals surface area contributed by atoms with Crippen molar-refractivity contribution < 1.29 is 36.3 Å². The van der Waals surface area contributed by atoms with Crippen LogP contribution < -0.4 is 5.32 Å². The fourth-order valence-electron chi connectivity index (χ4n) is 1.25. The lowest BCUT2D eigenvalue weighted by Gasteiger charge is -2.13. The first-order valence-corrected chi connectivity index (χ1v) is 7.02. The zero-order valence-electron chi connectivity index (χ0n) is 10.0. The molecule has 0 radical (unpaired) electrons. The summed E-state index contributed by atoms with van der Waals surface area (Å²) in [5.74, 6) is -4.01. The number of hydrogen-bond acceptors (Lipinski definition) is 4. The van der Waals surface area contributed by atoms with Gasteiger partial charge in [-0.15, -0.1) is 0 Å². The van der Waals surface area contributed by atoms with E-state index in [1.165, 1.54) is 0 Å². The molecule has 0 saturated carbocycles. The number of carbonyl (C=O) groups is 2. The minimum atomic E-state index is -4.46. The van der Waals surface area contributed by atoms with Crippen molar-refractivity contribution in [3.63, 3.8) is 0 Å². The summed E-state index contributed by atoms with van der Waals surface area (Å²) in [5, 5.41) is 10.6.